The normalized spacial score (nSPS) is 17.6. The summed E-state index contributed by atoms with van der Waals surface area (Å²) in [6.45, 7) is 3.36. The number of aromatic nitrogens is 2. The number of ether oxygens (including phenoxy) is 1. The van der Waals surface area contributed by atoms with Gasteiger partial charge in [-0.1, -0.05) is 23.5 Å². The first-order valence-electron chi connectivity index (χ1n) is 13.3. The standard InChI is InChI=1S/C28H31ClF2N6O3S/c1-36-22(20-5-6-23(40-2)25(31)24(20)30)15-33-26(36)27(38)34-17-3-4-19(21(29)13-17)28(39)37-11-8-16(9-12-37)35-41-18-7-10-32-14-18/h3-6,13,15-16,18,32,35H,7-12,14H2,1-2H3,(H,34,38). The van der Waals surface area contributed by atoms with Crippen LogP contribution in [0.2, 0.25) is 5.02 Å². The number of rotatable bonds is 8. The average molecular weight is 605 g/mol. The van der Waals surface area contributed by atoms with E-state index in [9.17, 15) is 18.4 Å². The molecule has 0 radical (unpaired) electrons. The molecule has 5 rings (SSSR count). The van der Waals surface area contributed by atoms with Crippen molar-refractivity contribution in [1.82, 2.24) is 24.5 Å². The predicted octanol–water partition coefficient (Wildman–Crippen LogP) is 4.48. The van der Waals surface area contributed by atoms with Crippen LogP contribution in [0.4, 0.5) is 14.5 Å². The summed E-state index contributed by atoms with van der Waals surface area (Å²) in [7, 11) is 2.77. The Bertz CT molecular complexity index is 1440. The molecular weight excluding hydrogens is 574 g/mol. The lowest BCUT2D eigenvalue weighted by molar-refractivity contribution is 0.0712. The van der Waals surface area contributed by atoms with Gasteiger partial charge in [0.15, 0.2) is 17.4 Å². The molecule has 1 unspecified atom stereocenters. The van der Waals surface area contributed by atoms with Gasteiger partial charge in [0.25, 0.3) is 11.8 Å². The Labute approximate surface area is 246 Å². The third kappa shape index (κ3) is 6.35. The van der Waals surface area contributed by atoms with Crippen molar-refractivity contribution in [2.75, 3.05) is 38.6 Å². The van der Waals surface area contributed by atoms with E-state index in [0.717, 1.165) is 32.4 Å². The van der Waals surface area contributed by atoms with Crippen molar-refractivity contribution in [2.45, 2.75) is 30.6 Å². The van der Waals surface area contributed by atoms with Crippen molar-refractivity contribution in [2.24, 2.45) is 7.05 Å². The topological polar surface area (TPSA) is 101 Å². The van der Waals surface area contributed by atoms with Gasteiger partial charge in [-0.15, -0.1) is 0 Å². The Kier molecular flexibility index (Phi) is 9.12. The molecule has 0 saturated carbocycles. The number of piperidine rings is 1. The Hall–Kier alpha value is -3.19. The number of methoxy groups -OCH3 is 1. The first-order valence-corrected chi connectivity index (χ1v) is 14.6. The van der Waals surface area contributed by atoms with E-state index in [4.69, 9.17) is 16.3 Å². The summed E-state index contributed by atoms with van der Waals surface area (Å²) in [5.74, 6) is -3.21. The van der Waals surface area contributed by atoms with Gasteiger partial charge in [0.1, 0.15) is 0 Å². The highest BCUT2D eigenvalue weighted by Gasteiger charge is 2.27. The molecule has 3 aromatic rings. The second-order valence-electron chi connectivity index (χ2n) is 10.0. The van der Waals surface area contributed by atoms with Gasteiger partial charge in [0.2, 0.25) is 5.82 Å². The van der Waals surface area contributed by atoms with E-state index in [0.29, 0.717) is 35.6 Å². The molecule has 2 aliphatic heterocycles. The zero-order chi connectivity index (χ0) is 29.1. The molecule has 2 fully saturated rings. The van der Waals surface area contributed by atoms with Crippen LogP contribution in [0.5, 0.6) is 5.75 Å². The zero-order valence-corrected chi connectivity index (χ0v) is 24.2. The first-order chi connectivity index (χ1) is 19.8. The number of benzene rings is 2. The lowest BCUT2D eigenvalue weighted by Crippen LogP contribution is -2.43. The average Bonchev–Trinajstić information content (AvgIpc) is 3.63. The van der Waals surface area contributed by atoms with E-state index < -0.39 is 17.5 Å². The zero-order valence-electron chi connectivity index (χ0n) is 22.7. The lowest BCUT2D eigenvalue weighted by Gasteiger charge is -2.33. The fourth-order valence-corrected chi connectivity index (χ4v) is 6.32. The number of hydrogen-bond acceptors (Lipinski definition) is 7. The largest absolute Gasteiger partial charge is 0.494 e. The molecule has 9 nitrogen and oxygen atoms in total. The Morgan fingerprint density at radius 1 is 1.15 bits per heavy atom. The third-order valence-electron chi connectivity index (χ3n) is 7.39. The second kappa shape index (κ2) is 12.8. The minimum absolute atomic E-state index is 0.0225. The predicted molar refractivity (Wildman–Crippen MR) is 155 cm³/mol. The smallest absolute Gasteiger partial charge is 0.291 e. The molecule has 1 atom stereocenters. The molecular formula is C28H31ClF2N6O3S. The Morgan fingerprint density at radius 2 is 1.93 bits per heavy atom. The quantitative estimate of drug-likeness (QED) is 0.326. The van der Waals surface area contributed by atoms with Crippen molar-refractivity contribution in [1.29, 1.82) is 0 Å². The van der Waals surface area contributed by atoms with Crippen molar-refractivity contribution < 1.29 is 23.1 Å². The molecule has 3 heterocycles. The Balaban J connectivity index is 1.20. The number of nitrogens with one attached hydrogen (secondary N) is 3. The fraction of sp³-hybridized carbons (Fsp3) is 0.393. The number of amides is 2. The van der Waals surface area contributed by atoms with Crippen molar-refractivity contribution in [3.8, 4) is 17.0 Å². The van der Waals surface area contributed by atoms with E-state index >= 15 is 0 Å². The van der Waals surface area contributed by atoms with Crippen LogP contribution >= 0.6 is 23.5 Å². The molecule has 1 aromatic heterocycles. The number of hydrogen-bond donors (Lipinski definition) is 3. The minimum Gasteiger partial charge on any atom is -0.494 e. The molecule has 13 heteroatoms. The number of likely N-dealkylation sites (tertiary alicyclic amines) is 1. The second-order valence-corrected chi connectivity index (χ2v) is 11.6. The van der Waals surface area contributed by atoms with Crippen LogP contribution in [-0.4, -0.2) is 70.8 Å². The Morgan fingerprint density at radius 3 is 2.61 bits per heavy atom. The summed E-state index contributed by atoms with van der Waals surface area (Å²) in [6.07, 6.45) is 4.18. The minimum atomic E-state index is -1.13. The summed E-state index contributed by atoms with van der Waals surface area (Å²) in [5.41, 5.74) is 0.872. The van der Waals surface area contributed by atoms with Crippen LogP contribution in [0.25, 0.3) is 11.3 Å². The van der Waals surface area contributed by atoms with E-state index in [1.807, 2.05) is 0 Å². The SMILES string of the molecule is COc1ccc(-c2cnc(C(=O)Nc3ccc(C(=O)N4CCC(NSC5CCNC5)CC4)c(Cl)c3)n2C)c(F)c1F. The van der Waals surface area contributed by atoms with Crippen LogP contribution < -0.4 is 20.1 Å². The molecule has 3 N–H and O–H groups in total. The summed E-state index contributed by atoms with van der Waals surface area (Å²) >= 11 is 8.26. The number of carbonyl (C=O) groups is 2. The van der Waals surface area contributed by atoms with Gasteiger partial charge in [-0.2, -0.15) is 4.39 Å². The van der Waals surface area contributed by atoms with Gasteiger partial charge in [0.05, 0.1) is 29.6 Å². The molecule has 218 valence electrons. The maximum absolute atomic E-state index is 14.6. The molecule has 41 heavy (non-hydrogen) atoms. The summed E-state index contributed by atoms with van der Waals surface area (Å²) in [4.78, 5) is 32.0. The summed E-state index contributed by atoms with van der Waals surface area (Å²) in [6, 6.07) is 7.73. The fourth-order valence-electron chi connectivity index (χ4n) is 5.00. The number of carbonyl (C=O) groups excluding carboxylic acids is 2. The number of anilines is 1. The summed E-state index contributed by atoms with van der Waals surface area (Å²) < 4.78 is 38.6. The van der Waals surface area contributed by atoms with Gasteiger partial charge in [-0.3, -0.25) is 14.3 Å². The van der Waals surface area contributed by atoms with Crippen LogP contribution in [0.1, 0.15) is 40.2 Å². The van der Waals surface area contributed by atoms with E-state index in [-0.39, 0.29) is 33.8 Å². The maximum atomic E-state index is 14.6. The van der Waals surface area contributed by atoms with Gasteiger partial charge < -0.3 is 24.8 Å². The summed E-state index contributed by atoms with van der Waals surface area (Å²) in [5, 5.41) is 6.87. The molecule has 0 bridgehead atoms. The van der Waals surface area contributed by atoms with Gasteiger partial charge >= 0.3 is 0 Å². The van der Waals surface area contributed by atoms with Gasteiger partial charge in [-0.05, 0) is 56.1 Å². The third-order valence-corrected chi connectivity index (χ3v) is 8.91. The van der Waals surface area contributed by atoms with Gasteiger partial charge in [0, 0.05) is 49.2 Å². The van der Waals surface area contributed by atoms with Crippen molar-refractivity contribution >= 4 is 41.1 Å². The monoisotopic (exact) mass is 604 g/mol. The molecule has 2 aromatic carbocycles. The first kappa shape index (κ1) is 29.3. The van der Waals surface area contributed by atoms with E-state index in [1.54, 1.807) is 29.0 Å². The van der Waals surface area contributed by atoms with E-state index in [1.165, 1.54) is 43.1 Å². The number of nitrogens with zero attached hydrogens (tertiary/aromatic N) is 3. The number of imidazole rings is 1. The molecule has 0 aliphatic carbocycles. The van der Waals surface area contributed by atoms with Crippen LogP contribution in [-0.2, 0) is 7.05 Å². The maximum Gasteiger partial charge on any atom is 0.291 e. The highest BCUT2D eigenvalue weighted by molar-refractivity contribution is 7.98. The van der Waals surface area contributed by atoms with Crippen LogP contribution in [0.15, 0.2) is 36.5 Å². The molecule has 2 saturated heterocycles. The highest BCUT2D eigenvalue weighted by atomic mass is 35.5. The van der Waals surface area contributed by atoms with E-state index in [2.05, 4.69) is 20.3 Å². The van der Waals surface area contributed by atoms with Crippen LogP contribution in [0, 0.1) is 11.6 Å². The molecule has 2 amide bonds. The highest BCUT2D eigenvalue weighted by Crippen LogP contribution is 2.30. The van der Waals surface area contributed by atoms with Crippen LogP contribution in [0.3, 0.4) is 0 Å². The molecule has 0 spiro atoms. The van der Waals surface area contributed by atoms with Crippen molar-refractivity contribution in [3.05, 3.63) is 64.6 Å². The van der Waals surface area contributed by atoms with Crippen molar-refractivity contribution in [3.63, 3.8) is 0 Å². The lowest BCUT2D eigenvalue weighted by atomic mass is 10.0. The number of halogens is 3. The van der Waals surface area contributed by atoms with Gasteiger partial charge in [-0.25, -0.2) is 9.37 Å². The molecule has 2 aliphatic rings.